The number of esters is 3. The normalized spacial score (nSPS) is 10.6. The van der Waals surface area contributed by atoms with Crippen LogP contribution in [0, 0.1) is 5.41 Å². The second kappa shape index (κ2) is 23.3. The number of hydrogen-bond acceptors (Lipinski definition) is 14. The Bertz CT molecular complexity index is 1660. The number of likely N-dealkylation sites (N-methyl/N-ethyl adjacent to an activating group) is 2. The average molecular weight is 779 g/mol. The van der Waals surface area contributed by atoms with E-state index < -0.39 is 99.8 Å². The number of carbonyl (C=O) groups excluding carboxylic acids is 7. The van der Waals surface area contributed by atoms with Crippen molar-refractivity contribution in [1.29, 1.82) is 0 Å². The minimum Gasteiger partial charge on any atom is -0.463 e. The molecular formula is C39H46N4O13. The Kier molecular flexibility index (Phi) is 18.3. The lowest BCUT2D eigenvalue weighted by Gasteiger charge is -2.32. The number of carbonyl (C=O) groups is 7. The van der Waals surface area contributed by atoms with Crippen LogP contribution < -0.4 is 11.1 Å². The summed E-state index contributed by atoms with van der Waals surface area (Å²) in [4.78, 5) is 90.4. The van der Waals surface area contributed by atoms with Crippen LogP contribution >= 0.6 is 0 Å². The summed E-state index contributed by atoms with van der Waals surface area (Å²) in [6.45, 7) is -4.32. The molecule has 300 valence electrons. The van der Waals surface area contributed by atoms with E-state index in [2.05, 4.69) is 5.32 Å². The number of ketones is 1. The fraction of sp³-hybridized carbons (Fsp3) is 0.359. The molecule has 0 unspecified atom stereocenters. The molecule has 0 saturated carbocycles. The summed E-state index contributed by atoms with van der Waals surface area (Å²) in [5, 5.41) is 2.26. The molecule has 0 bridgehead atoms. The Hall–Kier alpha value is -6.49. The average Bonchev–Trinajstić information content (AvgIpc) is 3.21. The third-order valence-electron chi connectivity index (χ3n) is 7.77. The van der Waals surface area contributed by atoms with E-state index in [1.807, 2.05) is 0 Å². The highest BCUT2D eigenvalue weighted by Crippen LogP contribution is 2.26. The highest BCUT2D eigenvalue weighted by Gasteiger charge is 2.38. The highest BCUT2D eigenvalue weighted by atomic mass is 16.6. The molecule has 0 aliphatic rings. The van der Waals surface area contributed by atoms with E-state index in [4.69, 9.17) is 34.2 Å². The Morgan fingerprint density at radius 3 is 1.32 bits per heavy atom. The lowest BCUT2D eigenvalue weighted by atomic mass is 9.85. The first kappa shape index (κ1) is 43.9. The summed E-state index contributed by atoms with van der Waals surface area (Å²) in [7, 11) is 2.62. The van der Waals surface area contributed by atoms with Crippen LogP contribution in [0.2, 0.25) is 0 Å². The van der Waals surface area contributed by atoms with Crippen molar-refractivity contribution in [3.8, 4) is 0 Å². The van der Waals surface area contributed by atoms with E-state index in [1.54, 1.807) is 91.0 Å². The molecule has 17 nitrogen and oxygen atoms in total. The Balaban J connectivity index is 1.64. The predicted octanol–water partition coefficient (Wildman–Crippen LogP) is 2.98. The number of rotatable bonds is 21. The van der Waals surface area contributed by atoms with Crippen molar-refractivity contribution in [3.63, 3.8) is 0 Å². The summed E-state index contributed by atoms with van der Waals surface area (Å²) < 4.78 is 31.8. The molecule has 0 heterocycles. The Morgan fingerprint density at radius 1 is 0.554 bits per heavy atom. The quantitative estimate of drug-likeness (QED) is 0.117. The molecule has 3 aromatic carbocycles. The number of hydrogen-bond donors (Lipinski definition) is 2. The fourth-order valence-electron chi connectivity index (χ4n) is 4.71. The molecule has 0 spiro atoms. The third kappa shape index (κ3) is 16.7. The molecule has 0 fully saturated rings. The lowest BCUT2D eigenvalue weighted by molar-refractivity contribution is -0.164. The van der Waals surface area contributed by atoms with E-state index in [9.17, 15) is 33.6 Å². The van der Waals surface area contributed by atoms with Crippen molar-refractivity contribution in [2.45, 2.75) is 26.2 Å². The number of Topliss-reactive ketones (excluding diaryl/α,β-unsaturated/α-hetero) is 1. The van der Waals surface area contributed by atoms with Crippen LogP contribution in [-0.4, -0.2) is 112 Å². The maximum absolute atomic E-state index is 12.9. The molecule has 56 heavy (non-hydrogen) atoms. The van der Waals surface area contributed by atoms with Crippen LogP contribution in [0.25, 0.3) is 0 Å². The molecule has 0 radical (unpaired) electrons. The summed E-state index contributed by atoms with van der Waals surface area (Å²) in [6.07, 6.45) is -3.04. The molecule has 0 aromatic heterocycles. The van der Waals surface area contributed by atoms with Crippen LogP contribution in [0.3, 0.4) is 0 Å². The van der Waals surface area contributed by atoms with Gasteiger partial charge in [-0.05, 0) is 16.7 Å². The molecule has 3 rings (SSSR count). The van der Waals surface area contributed by atoms with Gasteiger partial charge in [-0.2, -0.15) is 0 Å². The van der Waals surface area contributed by atoms with E-state index in [0.29, 0.717) is 5.56 Å². The van der Waals surface area contributed by atoms with E-state index in [1.165, 1.54) is 14.1 Å². The maximum Gasteiger partial charge on any atom is 0.410 e. The minimum atomic E-state index is -1.69. The first-order chi connectivity index (χ1) is 26.9. The molecule has 0 aliphatic carbocycles. The zero-order valence-electron chi connectivity index (χ0n) is 31.2. The molecule has 0 aliphatic heterocycles. The molecule has 0 saturated heterocycles. The van der Waals surface area contributed by atoms with Crippen LogP contribution in [0.15, 0.2) is 91.0 Å². The Labute approximate surface area is 323 Å². The molecule has 3 N–H and O–H groups in total. The molecule has 0 atom stereocenters. The molecule has 3 aromatic rings. The van der Waals surface area contributed by atoms with Gasteiger partial charge in [0.1, 0.15) is 65.1 Å². The zero-order chi connectivity index (χ0) is 40.8. The largest absolute Gasteiger partial charge is 0.463 e. The van der Waals surface area contributed by atoms with Gasteiger partial charge in [-0.3, -0.25) is 19.2 Å². The van der Waals surface area contributed by atoms with Gasteiger partial charge in [-0.25, -0.2) is 14.4 Å². The van der Waals surface area contributed by atoms with Crippen LogP contribution in [-0.2, 0) is 67.4 Å². The van der Waals surface area contributed by atoms with Gasteiger partial charge in [0.05, 0.1) is 12.0 Å². The van der Waals surface area contributed by atoms with Gasteiger partial charge in [0.15, 0.2) is 0 Å². The van der Waals surface area contributed by atoms with Crippen molar-refractivity contribution in [2.75, 3.05) is 60.1 Å². The van der Waals surface area contributed by atoms with Crippen molar-refractivity contribution >= 4 is 42.0 Å². The maximum atomic E-state index is 12.9. The van der Waals surface area contributed by atoms with Crippen molar-refractivity contribution in [1.82, 2.24) is 15.1 Å². The van der Waals surface area contributed by atoms with Crippen LogP contribution in [0.1, 0.15) is 23.1 Å². The second-order valence-corrected chi connectivity index (χ2v) is 12.6. The van der Waals surface area contributed by atoms with E-state index >= 15 is 0 Å². The third-order valence-corrected chi connectivity index (χ3v) is 7.77. The molecule has 3 amide bonds. The number of nitrogens with two attached hydrogens (primary N) is 1. The first-order valence-electron chi connectivity index (χ1n) is 17.3. The van der Waals surface area contributed by atoms with Gasteiger partial charge in [0, 0.05) is 20.5 Å². The van der Waals surface area contributed by atoms with Gasteiger partial charge in [-0.15, -0.1) is 0 Å². The van der Waals surface area contributed by atoms with Gasteiger partial charge in [0.2, 0.25) is 0 Å². The number of alkyl carbamates (subject to hydrolysis) is 1. The monoisotopic (exact) mass is 778 g/mol. The first-order valence-corrected chi connectivity index (χ1v) is 17.3. The van der Waals surface area contributed by atoms with Gasteiger partial charge in [0.25, 0.3) is 0 Å². The number of ether oxygens (including phenoxy) is 6. The summed E-state index contributed by atoms with van der Waals surface area (Å²) in [6, 6.07) is 26.6. The summed E-state index contributed by atoms with van der Waals surface area (Å²) in [5.41, 5.74) is 6.07. The Morgan fingerprint density at radius 2 is 0.929 bits per heavy atom. The fourth-order valence-corrected chi connectivity index (χ4v) is 4.71. The van der Waals surface area contributed by atoms with Crippen molar-refractivity contribution in [3.05, 3.63) is 108 Å². The summed E-state index contributed by atoms with van der Waals surface area (Å²) >= 11 is 0. The molecule has 17 heteroatoms. The molecular weight excluding hydrogens is 732 g/mol. The second-order valence-electron chi connectivity index (χ2n) is 12.6. The smallest absolute Gasteiger partial charge is 0.410 e. The number of amides is 3. The number of nitrogens with zero attached hydrogens (tertiary/aromatic N) is 2. The van der Waals surface area contributed by atoms with Gasteiger partial charge in [-0.1, -0.05) is 91.0 Å². The van der Waals surface area contributed by atoms with E-state index in [0.717, 1.165) is 20.9 Å². The topological polar surface area (TPSA) is 219 Å². The number of nitrogens with one attached hydrogen (secondary N) is 1. The number of benzene rings is 3. The SMILES string of the molecule is CN(CC(=O)OCC(COC(=O)CNC(=O)OCc1ccccc1)(COC(=O)CN(C)C(=O)OCc1ccccc1)CC(=O)CN)C(=O)OCc1ccccc1. The van der Waals surface area contributed by atoms with Crippen LogP contribution in [0.4, 0.5) is 14.4 Å². The predicted molar refractivity (Wildman–Crippen MR) is 197 cm³/mol. The van der Waals surface area contributed by atoms with Gasteiger partial charge < -0.3 is 49.3 Å². The van der Waals surface area contributed by atoms with Crippen molar-refractivity contribution < 1.29 is 62.0 Å². The van der Waals surface area contributed by atoms with Crippen LogP contribution in [0.5, 0.6) is 0 Å². The lowest BCUT2D eigenvalue weighted by Crippen LogP contribution is -2.45. The standard InChI is InChI=1S/C39H46N4O13/c1-42(37(49)52-24-30-14-8-4-9-15-30)21-34(46)55-27-39(18-32(44)19-40,26-54-33(45)20-41-36(48)51-23-29-12-6-3-7-13-29)28-56-35(47)22-43(2)38(50)53-25-31-16-10-5-11-17-31/h3-17H,18-28,40H2,1-2H3,(H,41,48). The minimum absolute atomic E-state index is 0.0420. The highest BCUT2D eigenvalue weighted by molar-refractivity contribution is 5.82. The van der Waals surface area contributed by atoms with Crippen molar-refractivity contribution in [2.24, 2.45) is 11.1 Å². The summed E-state index contributed by atoms with van der Waals surface area (Å²) in [5.74, 6) is -3.41. The zero-order valence-corrected chi connectivity index (χ0v) is 31.2. The van der Waals surface area contributed by atoms with Gasteiger partial charge >= 0.3 is 36.2 Å². The van der Waals surface area contributed by atoms with E-state index in [-0.39, 0.29) is 19.8 Å².